The molecule has 20 heavy (non-hydrogen) atoms. The van der Waals surface area contributed by atoms with E-state index in [2.05, 4.69) is 61.9 Å². The van der Waals surface area contributed by atoms with Crippen LogP contribution in [0.1, 0.15) is 58.2 Å². The molecule has 0 aliphatic rings. The molecule has 1 N–H and O–H groups in total. The van der Waals surface area contributed by atoms with E-state index in [-0.39, 0.29) is 5.54 Å². The molecule has 0 saturated heterocycles. The van der Waals surface area contributed by atoms with E-state index in [0.29, 0.717) is 0 Å². The molecule has 1 aromatic rings. The monoisotopic (exact) mass is 278 g/mol. The summed E-state index contributed by atoms with van der Waals surface area (Å²) in [5, 5.41) is 3.48. The standard InChI is InChI=1S/C16H30N4/c1-7-8-9-10-20(6)15-17-11-14(13(2)19-15)12-18-16(3,4)5/h11,18H,7-10,12H2,1-6H3. The number of aryl methyl sites for hydroxylation is 1. The Morgan fingerprint density at radius 3 is 2.50 bits per heavy atom. The Balaban J connectivity index is 2.62. The van der Waals surface area contributed by atoms with Gasteiger partial charge < -0.3 is 10.2 Å². The van der Waals surface area contributed by atoms with Crippen LogP contribution in [-0.4, -0.2) is 29.1 Å². The van der Waals surface area contributed by atoms with Gasteiger partial charge in [0.05, 0.1) is 0 Å². The van der Waals surface area contributed by atoms with Gasteiger partial charge in [0, 0.05) is 43.1 Å². The Labute approximate surface area is 124 Å². The van der Waals surface area contributed by atoms with Crippen LogP contribution in [0.25, 0.3) is 0 Å². The van der Waals surface area contributed by atoms with Crippen LogP contribution in [0.3, 0.4) is 0 Å². The van der Waals surface area contributed by atoms with E-state index in [0.717, 1.165) is 24.7 Å². The summed E-state index contributed by atoms with van der Waals surface area (Å²) in [6.07, 6.45) is 5.65. The van der Waals surface area contributed by atoms with Gasteiger partial charge in [0.1, 0.15) is 0 Å². The maximum atomic E-state index is 4.63. The Bertz CT molecular complexity index is 409. The van der Waals surface area contributed by atoms with Crippen LogP contribution >= 0.6 is 0 Å². The molecule has 0 fully saturated rings. The van der Waals surface area contributed by atoms with E-state index in [1.54, 1.807) is 0 Å². The maximum absolute atomic E-state index is 4.63. The van der Waals surface area contributed by atoms with Crippen LogP contribution in [0.15, 0.2) is 6.20 Å². The lowest BCUT2D eigenvalue weighted by molar-refractivity contribution is 0.423. The molecule has 1 heterocycles. The van der Waals surface area contributed by atoms with Gasteiger partial charge in [-0.2, -0.15) is 0 Å². The van der Waals surface area contributed by atoms with Crippen molar-refractivity contribution in [3.63, 3.8) is 0 Å². The molecule has 0 aliphatic heterocycles. The number of hydrogen-bond acceptors (Lipinski definition) is 4. The molecule has 1 rings (SSSR count). The Morgan fingerprint density at radius 1 is 1.25 bits per heavy atom. The van der Waals surface area contributed by atoms with Crippen molar-refractivity contribution in [1.82, 2.24) is 15.3 Å². The molecule has 0 amide bonds. The van der Waals surface area contributed by atoms with Gasteiger partial charge in [0.25, 0.3) is 0 Å². The summed E-state index contributed by atoms with van der Waals surface area (Å²) < 4.78 is 0. The highest BCUT2D eigenvalue weighted by molar-refractivity contribution is 5.31. The zero-order valence-electron chi connectivity index (χ0n) is 14.0. The molecule has 0 aromatic carbocycles. The average molecular weight is 278 g/mol. The van der Waals surface area contributed by atoms with Crippen molar-refractivity contribution in [2.75, 3.05) is 18.5 Å². The second kappa shape index (κ2) is 7.58. The highest BCUT2D eigenvalue weighted by Gasteiger charge is 2.11. The summed E-state index contributed by atoms with van der Waals surface area (Å²) in [6.45, 7) is 12.6. The van der Waals surface area contributed by atoms with E-state index in [1.807, 2.05) is 6.20 Å². The molecule has 0 aliphatic carbocycles. The number of anilines is 1. The second-order valence-electron chi connectivity index (χ2n) is 6.51. The highest BCUT2D eigenvalue weighted by Crippen LogP contribution is 2.12. The lowest BCUT2D eigenvalue weighted by atomic mass is 10.1. The Morgan fingerprint density at radius 2 is 1.95 bits per heavy atom. The third-order valence-corrected chi connectivity index (χ3v) is 3.32. The number of hydrogen-bond donors (Lipinski definition) is 1. The zero-order chi connectivity index (χ0) is 15.2. The number of nitrogens with zero attached hydrogens (tertiary/aromatic N) is 3. The molecule has 1 aromatic heterocycles. The van der Waals surface area contributed by atoms with Crippen molar-refractivity contribution in [3.05, 3.63) is 17.5 Å². The fourth-order valence-corrected chi connectivity index (χ4v) is 1.90. The number of rotatable bonds is 7. The first-order chi connectivity index (χ1) is 9.33. The fraction of sp³-hybridized carbons (Fsp3) is 0.750. The molecule has 4 nitrogen and oxygen atoms in total. The summed E-state index contributed by atoms with van der Waals surface area (Å²) >= 11 is 0. The van der Waals surface area contributed by atoms with E-state index in [9.17, 15) is 0 Å². The Hall–Kier alpha value is -1.16. The number of unbranched alkanes of at least 4 members (excludes halogenated alkanes) is 2. The van der Waals surface area contributed by atoms with Gasteiger partial charge in [-0.05, 0) is 34.1 Å². The minimum Gasteiger partial charge on any atom is -0.344 e. The van der Waals surface area contributed by atoms with Crippen LogP contribution in [-0.2, 0) is 6.54 Å². The molecule has 0 spiro atoms. The normalized spacial score (nSPS) is 11.7. The first-order valence-electron chi connectivity index (χ1n) is 7.62. The van der Waals surface area contributed by atoms with Crippen LogP contribution < -0.4 is 10.2 Å². The minimum absolute atomic E-state index is 0.113. The molecule has 114 valence electrons. The molecular weight excluding hydrogens is 248 g/mol. The first-order valence-corrected chi connectivity index (χ1v) is 7.62. The average Bonchev–Trinajstić information content (AvgIpc) is 2.36. The van der Waals surface area contributed by atoms with E-state index >= 15 is 0 Å². The van der Waals surface area contributed by atoms with Gasteiger partial charge in [-0.25, -0.2) is 9.97 Å². The van der Waals surface area contributed by atoms with Crippen LogP contribution in [0.4, 0.5) is 5.95 Å². The molecule has 0 unspecified atom stereocenters. The number of aromatic nitrogens is 2. The molecule has 4 heteroatoms. The SMILES string of the molecule is CCCCCN(C)c1ncc(CNC(C)(C)C)c(C)n1. The zero-order valence-corrected chi connectivity index (χ0v) is 14.0. The predicted octanol–water partition coefficient (Wildman–Crippen LogP) is 3.30. The summed E-state index contributed by atoms with van der Waals surface area (Å²) in [5.41, 5.74) is 2.35. The number of nitrogens with one attached hydrogen (secondary N) is 1. The lowest BCUT2D eigenvalue weighted by Gasteiger charge is -2.22. The van der Waals surface area contributed by atoms with Crippen molar-refractivity contribution in [2.24, 2.45) is 0 Å². The topological polar surface area (TPSA) is 41.1 Å². The maximum Gasteiger partial charge on any atom is 0.225 e. The van der Waals surface area contributed by atoms with Crippen molar-refractivity contribution in [1.29, 1.82) is 0 Å². The summed E-state index contributed by atoms with van der Waals surface area (Å²) in [4.78, 5) is 11.3. The third kappa shape index (κ3) is 5.87. The van der Waals surface area contributed by atoms with E-state index in [4.69, 9.17) is 0 Å². The van der Waals surface area contributed by atoms with Crippen molar-refractivity contribution < 1.29 is 0 Å². The van der Waals surface area contributed by atoms with Crippen molar-refractivity contribution in [2.45, 2.75) is 66.0 Å². The summed E-state index contributed by atoms with van der Waals surface area (Å²) in [5.74, 6) is 0.832. The van der Waals surface area contributed by atoms with E-state index in [1.165, 1.54) is 24.8 Å². The van der Waals surface area contributed by atoms with Crippen LogP contribution in [0.5, 0.6) is 0 Å². The largest absolute Gasteiger partial charge is 0.344 e. The van der Waals surface area contributed by atoms with Gasteiger partial charge in [-0.3, -0.25) is 0 Å². The lowest BCUT2D eigenvalue weighted by Crippen LogP contribution is -2.35. The van der Waals surface area contributed by atoms with Gasteiger partial charge in [0.2, 0.25) is 5.95 Å². The minimum atomic E-state index is 0.113. The predicted molar refractivity (Wildman–Crippen MR) is 86.2 cm³/mol. The van der Waals surface area contributed by atoms with Crippen LogP contribution in [0, 0.1) is 6.92 Å². The van der Waals surface area contributed by atoms with Crippen LogP contribution in [0.2, 0.25) is 0 Å². The first kappa shape index (κ1) is 16.9. The van der Waals surface area contributed by atoms with Gasteiger partial charge in [0.15, 0.2) is 0 Å². The molecule has 0 radical (unpaired) electrons. The molecular formula is C16H30N4. The molecule has 0 saturated carbocycles. The molecule has 0 bridgehead atoms. The fourth-order valence-electron chi connectivity index (χ4n) is 1.90. The third-order valence-electron chi connectivity index (χ3n) is 3.32. The Kier molecular flexibility index (Phi) is 6.40. The quantitative estimate of drug-likeness (QED) is 0.777. The highest BCUT2D eigenvalue weighted by atomic mass is 15.2. The van der Waals surface area contributed by atoms with Crippen molar-refractivity contribution >= 4 is 5.95 Å². The summed E-state index contributed by atoms with van der Waals surface area (Å²) in [7, 11) is 2.07. The van der Waals surface area contributed by atoms with E-state index < -0.39 is 0 Å². The van der Waals surface area contributed by atoms with Crippen molar-refractivity contribution in [3.8, 4) is 0 Å². The summed E-state index contributed by atoms with van der Waals surface area (Å²) in [6, 6.07) is 0. The van der Waals surface area contributed by atoms with Gasteiger partial charge in [-0.1, -0.05) is 19.8 Å². The molecule has 0 atom stereocenters. The smallest absolute Gasteiger partial charge is 0.225 e. The van der Waals surface area contributed by atoms with Gasteiger partial charge in [-0.15, -0.1) is 0 Å². The second-order valence-corrected chi connectivity index (χ2v) is 6.51. The van der Waals surface area contributed by atoms with Gasteiger partial charge >= 0.3 is 0 Å².